The molecule has 1 N–H and O–H groups in total. The first-order chi connectivity index (χ1) is 13.5. The summed E-state index contributed by atoms with van der Waals surface area (Å²) in [5.74, 6) is -0.833. The first-order valence-corrected chi connectivity index (χ1v) is 8.67. The van der Waals surface area contributed by atoms with Crippen molar-refractivity contribution in [2.45, 2.75) is 19.9 Å². The average molecular weight is 375 g/mol. The van der Waals surface area contributed by atoms with E-state index in [4.69, 9.17) is 0 Å². The summed E-state index contributed by atoms with van der Waals surface area (Å²) in [5, 5.41) is 20.3. The number of nitrogens with zero attached hydrogens (tertiary/aromatic N) is 3. The molecular weight excluding hydrogens is 357 g/mol. The van der Waals surface area contributed by atoms with Gasteiger partial charge in [0.15, 0.2) is 0 Å². The minimum atomic E-state index is -0.586. The molecule has 0 aliphatic rings. The Morgan fingerprint density at radius 3 is 2.46 bits per heavy atom. The van der Waals surface area contributed by atoms with Crippen molar-refractivity contribution in [3.8, 4) is 11.9 Å². The van der Waals surface area contributed by atoms with Gasteiger partial charge < -0.3 is 5.11 Å². The lowest BCUT2D eigenvalue weighted by Gasteiger charge is -2.20. The molecule has 3 rings (SSSR count). The lowest BCUT2D eigenvalue weighted by Crippen LogP contribution is -2.28. The third kappa shape index (κ3) is 3.42. The van der Waals surface area contributed by atoms with Crippen LogP contribution in [-0.2, 0) is 0 Å². The van der Waals surface area contributed by atoms with Crippen molar-refractivity contribution in [2.24, 2.45) is 4.99 Å². The van der Waals surface area contributed by atoms with Crippen molar-refractivity contribution < 1.29 is 9.50 Å². The zero-order valence-corrected chi connectivity index (χ0v) is 15.4. The summed E-state index contributed by atoms with van der Waals surface area (Å²) in [4.78, 5) is 16.9. The first kappa shape index (κ1) is 19.1. The maximum absolute atomic E-state index is 13.8. The fourth-order valence-electron chi connectivity index (χ4n) is 3.03. The molecule has 0 aliphatic carbocycles. The topological polar surface area (TPSA) is 78.4 Å². The standard InChI is InChI=1S/C22H18FN3O2/c1-14-17(12-24)21(27)26(15(2)16-8-4-3-5-9-16)22(28)18(14)13-25-20-11-7-6-10-19(20)23/h3-11,13,15,28H,1-2H3. The van der Waals surface area contributed by atoms with Crippen LogP contribution in [-0.4, -0.2) is 15.9 Å². The molecule has 3 aromatic rings. The highest BCUT2D eigenvalue weighted by Crippen LogP contribution is 2.27. The van der Waals surface area contributed by atoms with Gasteiger partial charge in [-0.3, -0.25) is 14.4 Å². The van der Waals surface area contributed by atoms with E-state index in [2.05, 4.69) is 4.99 Å². The zero-order valence-electron chi connectivity index (χ0n) is 15.4. The van der Waals surface area contributed by atoms with Gasteiger partial charge in [0.2, 0.25) is 5.88 Å². The number of aliphatic imine (C=N–C) groups is 1. The summed E-state index contributed by atoms with van der Waals surface area (Å²) >= 11 is 0. The summed E-state index contributed by atoms with van der Waals surface area (Å²) in [7, 11) is 0. The molecule has 5 nitrogen and oxygen atoms in total. The Morgan fingerprint density at radius 1 is 1.18 bits per heavy atom. The molecule has 0 fully saturated rings. The van der Waals surface area contributed by atoms with Crippen LogP contribution < -0.4 is 5.56 Å². The normalized spacial score (nSPS) is 12.1. The Morgan fingerprint density at radius 2 is 1.82 bits per heavy atom. The minimum Gasteiger partial charge on any atom is -0.494 e. The number of pyridine rings is 1. The molecule has 28 heavy (non-hydrogen) atoms. The number of rotatable bonds is 4. The Hall–Kier alpha value is -3.72. The van der Waals surface area contributed by atoms with Crippen molar-refractivity contribution in [1.29, 1.82) is 5.26 Å². The molecule has 6 heteroatoms. The molecule has 1 atom stereocenters. The van der Waals surface area contributed by atoms with Gasteiger partial charge in [-0.1, -0.05) is 42.5 Å². The highest BCUT2D eigenvalue weighted by molar-refractivity contribution is 5.87. The van der Waals surface area contributed by atoms with E-state index in [1.165, 1.54) is 18.3 Å². The molecule has 140 valence electrons. The van der Waals surface area contributed by atoms with Crippen molar-refractivity contribution >= 4 is 11.9 Å². The SMILES string of the molecule is Cc1c(C=Nc2ccccc2F)c(O)n(C(C)c2ccccc2)c(=O)c1C#N. The number of nitriles is 1. The van der Waals surface area contributed by atoms with Crippen molar-refractivity contribution in [1.82, 2.24) is 4.57 Å². The van der Waals surface area contributed by atoms with Crippen LogP contribution in [0, 0.1) is 24.1 Å². The quantitative estimate of drug-likeness (QED) is 0.693. The summed E-state index contributed by atoms with van der Waals surface area (Å²) in [5.41, 5.74) is 0.703. The van der Waals surface area contributed by atoms with E-state index >= 15 is 0 Å². The van der Waals surface area contributed by atoms with Crippen LogP contribution in [0.4, 0.5) is 10.1 Å². The van der Waals surface area contributed by atoms with Crippen LogP contribution in [0.25, 0.3) is 0 Å². The number of aromatic hydroxyl groups is 1. The molecule has 1 heterocycles. The predicted octanol–water partition coefficient (Wildman–Crippen LogP) is 4.23. The van der Waals surface area contributed by atoms with E-state index in [0.717, 1.165) is 10.1 Å². The van der Waals surface area contributed by atoms with Crippen LogP contribution in [0.15, 0.2) is 64.4 Å². The summed E-state index contributed by atoms with van der Waals surface area (Å²) in [6, 6.07) is 16.5. The predicted molar refractivity (Wildman–Crippen MR) is 106 cm³/mol. The van der Waals surface area contributed by atoms with Crippen molar-refractivity contribution in [3.05, 3.63) is 93.0 Å². The monoisotopic (exact) mass is 375 g/mol. The number of hydrogen-bond acceptors (Lipinski definition) is 4. The average Bonchev–Trinajstić information content (AvgIpc) is 2.70. The molecule has 2 aromatic carbocycles. The molecule has 0 spiro atoms. The molecule has 0 aliphatic heterocycles. The summed E-state index contributed by atoms with van der Waals surface area (Å²) in [6.07, 6.45) is 1.28. The largest absolute Gasteiger partial charge is 0.494 e. The molecule has 0 saturated carbocycles. The molecular formula is C22H18FN3O2. The summed E-state index contributed by atoms with van der Waals surface area (Å²) in [6.45, 7) is 3.31. The highest BCUT2D eigenvalue weighted by atomic mass is 19.1. The Labute approximate surface area is 161 Å². The molecule has 0 radical (unpaired) electrons. The number of hydrogen-bond donors (Lipinski definition) is 1. The lowest BCUT2D eigenvalue weighted by atomic mass is 10.0. The molecule has 1 unspecified atom stereocenters. The third-order valence-electron chi connectivity index (χ3n) is 4.65. The van der Waals surface area contributed by atoms with Crippen molar-refractivity contribution in [3.63, 3.8) is 0 Å². The van der Waals surface area contributed by atoms with E-state index in [-0.39, 0.29) is 22.7 Å². The Balaban J connectivity index is 2.20. The van der Waals surface area contributed by atoms with Gasteiger partial charge in [-0.15, -0.1) is 0 Å². The number of aromatic nitrogens is 1. The minimum absolute atomic E-state index is 0.0874. The smallest absolute Gasteiger partial charge is 0.272 e. The van der Waals surface area contributed by atoms with E-state index in [9.17, 15) is 19.6 Å². The van der Waals surface area contributed by atoms with Gasteiger partial charge in [0.05, 0.1) is 17.3 Å². The van der Waals surface area contributed by atoms with E-state index in [0.29, 0.717) is 5.56 Å². The first-order valence-electron chi connectivity index (χ1n) is 8.67. The highest BCUT2D eigenvalue weighted by Gasteiger charge is 2.22. The van der Waals surface area contributed by atoms with Crippen LogP contribution >= 0.6 is 0 Å². The zero-order chi connectivity index (χ0) is 20.3. The van der Waals surface area contributed by atoms with Gasteiger partial charge in [0.25, 0.3) is 5.56 Å². The maximum Gasteiger partial charge on any atom is 0.272 e. The second kappa shape index (κ2) is 7.89. The van der Waals surface area contributed by atoms with Gasteiger partial charge in [-0.05, 0) is 37.1 Å². The third-order valence-corrected chi connectivity index (χ3v) is 4.65. The van der Waals surface area contributed by atoms with Gasteiger partial charge in [0.1, 0.15) is 17.4 Å². The summed E-state index contributed by atoms with van der Waals surface area (Å²) < 4.78 is 15.0. The van der Waals surface area contributed by atoms with Crippen LogP contribution in [0.3, 0.4) is 0 Å². The van der Waals surface area contributed by atoms with Crippen molar-refractivity contribution in [2.75, 3.05) is 0 Å². The van der Waals surface area contributed by atoms with E-state index in [1.54, 1.807) is 26.0 Å². The number of halogens is 1. The molecule has 0 saturated heterocycles. The lowest BCUT2D eigenvalue weighted by molar-refractivity contribution is 0.393. The molecule has 1 aromatic heterocycles. The van der Waals surface area contributed by atoms with Gasteiger partial charge in [-0.25, -0.2) is 4.39 Å². The van der Waals surface area contributed by atoms with Gasteiger partial charge in [0, 0.05) is 6.21 Å². The maximum atomic E-state index is 13.8. The number of benzene rings is 2. The molecule has 0 bridgehead atoms. The van der Waals surface area contributed by atoms with E-state index < -0.39 is 17.4 Å². The number of para-hydroxylation sites is 1. The van der Waals surface area contributed by atoms with Gasteiger partial charge in [-0.2, -0.15) is 5.26 Å². The fourth-order valence-corrected chi connectivity index (χ4v) is 3.03. The fraction of sp³-hybridized carbons (Fsp3) is 0.136. The van der Waals surface area contributed by atoms with Crippen LogP contribution in [0.5, 0.6) is 5.88 Å². The van der Waals surface area contributed by atoms with Crippen LogP contribution in [0.1, 0.15) is 35.2 Å². The second-order valence-corrected chi connectivity index (χ2v) is 6.32. The van der Waals surface area contributed by atoms with E-state index in [1.807, 2.05) is 36.4 Å². The van der Waals surface area contributed by atoms with Crippen LogP contribution in [0.2, 0.25) is 0 Å². The Kier molecular flexibility index (Phi) is 5.37. The second-order valence-electron chi connectivity index (χ2n) is 6.32. The Bertz CT molecular complexity index is 1140. The van der Waals surface area contributed by atoms with Gasteiger partial charge >= 0.3 is 0 Å². The molecule has 0 amide bonds.